The summed E-state index contributed by atoms with van der Waals surface area (Å²) in [4.78, 5) is 31.6. The molecule has 0 aliphatic carbocycles. The Morgan fingerprint density at radius 3 is 2.65 bits per heavy atom. The van der Waals surface area contributed by atoms with Gasteiger partial charge in [-0.2, -0.15) is 0 Å². The van der Waals surface area contributed by atoms with Crippen LogP contribution < -0.4 is 15.4 Å². The monoisotopic (exact) mass is 444 g/mol. The molecule has 1 spiro atoms. The summed E-state index contributed by atoms with van der Waals surface area (Å²) in [5.74, 6) is -0.264. The highest BCUT2D eigenvalue weighted by Crippen LogP contribution is 2.30. The topological polar surface area (TPSA) is 83.0 Å². The molecule has 0 aromatic heterocycles. The number of nitrogens with one attached hydrogen (secondary N) is 2. The molecule has 7 nitrogen and oxygen atoms in total. The van der Waals surface area contributed by atoms with Gasteiger partial charge in [0.25, 0.3) is 5.91 Å². The maximum Gasteiger partial charge on any atom is 0.272 e. The van der Waals surface area contributed by atoms with Gasteiger partial charge in [-0.05, 0) is 42.5 Å². The average molecular weight is 445 g/mol. The largest absolute Gasteiger partial charge is 0.495 e. The van der Waals surface area contributed by atoms with Crippen LogP contribution in [0.1, 0.15) is 18.4 Å². The lowest BCUT2D eigenvalue weighted by Gasteiger charge is -2.36. The van der Waals surface area contributed by atoms with Gasteiger partial charge in [0.15, 0.2) is 0 Å². The molecule has 0 atom stereocenters. The number of aliphatic imine (C=N–C) groups is 1. The van der Waals surface area contributed by atoms with Gasteiger partial charge in [-0.15, -0.1) is 0 Å². The van der Waals surface area contributed by atoms with Crippen LogP contribution in [0.2, 0.25) is 5.02 Å². The number of likely N-dealkylation sites (tertiary alicyclic amines) is 1. The van der Waals surface area contributed by atoms with Crippen LogP contribution in [0.4, 0.5) is 10.1 Å². The molecule has 162 valence electrons. The summed E-state index contributed by atoms with van der Waals surface area (Å²) in [6, 6.07) is 10.8. The molecule has 2 heterocycles. The second-order valence-corrected chi connectivity index (χ2v) is 8.06. The molecule has 0 radical (unpaired) electrons. The Bertz CT molecular complexity index is 1030. The van der Waals surface area contributed by atoms with Crippen molar-refractivity contribution < 1.29 is 18.7 Å². The molecule has 2 N–H and O–H groups in total. The standard InChI is InChI=1S/C22H22ClFN4O3/c1-31-18-7-4-15(23)12-17(18)25-19(29)13-28-10-8-22(9-11-28)26-20(21(30)27-22)14-2-5-16(24)6-3-14/h2-7,12H,8-11,13H2,1H3,(H,25,29)(H,27,30). The van der Waals surface area contributed by atoms with Gasteiger partial charge in [0.1, 0.15) is 22.9 Å². The summed E-state index contributed by atoms with van der Waals surface area (Å²) in [5.41, 5.74) is 0.751. The Kier molecular flexibility index (Phi) is 5.93. The number of anilines is 1. The lowest BCUT2D eigenvalue weighted by Crippen LogP contribution is -2.52. The van der Waals surface area contributed by atoms with Crippen molar-refractivity contribution in [2.75, 3.05) is 32.1 Å². The van der Waals surface area contributed by atoms with Gasteiger partial charge in [-0.3, -0.25) is 19.5 Å². The zero-order valence-electron chi connectivity index (χ0n) is 17.0. The van der Waals surface area contributed by atoms with E-state index in [1.54, 1.807) is 30.3 Å². The van der Waals surface area contributed by atoms with Crippen molar-refractivity contribution in [3.8, 4) is 5.75 Å². The third-order valence-corrected chi connectivity index (χ3v) is 5.73. The Balaban J connectivity index is 1.37. The van der Waals surface area contributed by atoms with Gasteiger partial charge in [0.05, 0.1) is 19.3 Å². The Labute approximate surface area is 184 Å². The van der Waals surface area contributed by atoms with Crippen molar-refractivity contribution in [1.82, 2.24) is 10.2 Å². The molecule has 1 fully saturated rings. The van der Waals surface area contributed by atoms with E-state index in [1.807, 2.05) is 4.90 Å². The van der Waals surface area contributed by atoms with E-state index in [2.05, 4.69) is 15.6 Å². The number of halogens is 2. The molecule has 31 heavy (non-hydrogen) atoms. The van der Waals surface area contributed by atoms with Crippen LogP contribution in [-0.2, 0) is 9.59 Å². The average Bonchev–Trinajstić information content (AvgIpc) is 3.06. The number of methoxy groups -OCH3 is 1. The molecule has 2 aromatic rings. The highest BCUT2D eigenvalue weighted by Gasteiger charge is 2.42. The first-order valence-electron chi connectivity index (χ1n) is 9.91. The second kappa shape index (κ2) is 8.64. The number of ether oxygens (including phenoxy) is 1. The van der Waals surface area contributed by atoms with Gasteiger partial charge in [0, 0.05) is 36.5 Å². The summed E-state index contributed by atoms with van der Waals surface area (Å²) < 4.78 is 18.4. The quantitative estimate of drug-likeness (QED) is 0.743. The second-order valence-electron chi connectivity index (χ2n) is 7.62. The van der Waals surface area contributed by atoms with E-state index in [9.17, 15) is 14.0 Å². The van der Waals surface area contributed by atoms with E-state index < -0.39 is 5.66 Å². The fourth-order valence-electron chi connectivity index (χ4n) is 3.86. The van der Waals surface area contributed by atoms with E-state index in [-0.39, 0.29) is 24.2 Å². The number of rotatable bonds is 5. The predicted molar refractivity (Wildman–Crippen MR) is 116 cm³/mol. The number of benzene rings is 2. The molecule has 2 amide bonds. The first kappa shape index (κ1) is 21.3. The summed E-state index contributed by atoms with van der Waals surface area (Å²) >= 11 is 6.01. The Morgan fingerprint density at radius 2 is 1.97 bits per heavy atom. The molecular weight excluding hydrogens is 423 g/mol. The number of hydrogen-bond acceptors (Lipinski definition) is 5. The number of carbonyl (C=O) groups excluding carboxylic acids is 2. The lowest BCUT2D eigenvalue weighted by atomic mass is 9.98. The summed E-state index contributed by atoms with van der Waals surface area (Å²) in [5, 5.41) is 6.31. The highest BCUT2D eigenvalue weighted by atomic mass is 35.5. The minimum atomic E-state index is -0.677. The number of nitrogens with zero attached hydrogens (tertiary/aromatic N) is 2. The third-order valence-electron chi connectivity index (χ3n) is 5.49. The van der Waals surface area contributed by atoms with Crippen molar-refractivity contribution in [1.29, 1.82) is 0 Å². The molecule has 0 saturated carbocycles. The van der Waals surface area contributed by atoms with Gasteiger partial charge < -0.3 is 15.4 Å². The van der Waals surface area contributed by atoms with Crippen molar-refractivity contribution in [2.24, 2.45) is 4.99 Å². The SMILES string of the molecule is COc1ccc(Cl)cc1NC(=O)CN1CCC2(CC1)N=C(c1ccc(F)cc1)C(=O)N2. The van der Waals surface area contributed by atoms with Gasteiger partial charge in [-0.1, -0.05) is 11.6 Å². The Hall–Kier alpha value is -2.97. The molecule has 4 rings (SSSR count). The zero-order valence-corrected chi connectivity index (χ0v) is 17.7. The van der Waals surface area contributed by atoms with Crippen molar-refractivity contribution in [3.63, 3.8) is 0 Å². The van der Waals surface area contributed by atoms with E-state index in [1.165, 1.54) is 19.2 Å². The number of carbonyl (C=O) groups is 2. The minimum absolute atomic E-state index is 0.178. The van der Waals surface area contributed by atoms with E-state index in [4.69, 9.17) is 16.3 Å². The first-order valence-corrected chi connectivity index (χ1v) is 10.3. The minimum Gasteiger partial charge on any atom is -0.495 e. The molecule has 1 saturated heterocycles. The van der Waals surface area contributed by atoms with Crippen molar-refractivity contribution in [2.45, 2.75) is 18.5 Å². The van der Waals surface area contributed by atoms with Gasteiger partial charge in [-0.25, -0.2) is 4.39 Å². The van der Waals surface area contributed by atoms with Crippen molar-refractivity contribution in [3.05, 3.63) is 58.9 Å². The molecule has 2 aliphatic rings. The molecule has 2 aromatic carbocycles. The number of hydrogen-bond donors (Lipinski definition) is 2. The summed E-state index contributed by atoms with van der Waals surface area (Å²) in [6.45, 7) is 1.40. The molecular formula is C22H22ClFN4O3. The summed E-state index contributed by atoms with van der Waals surface area (Å²) in [6.07, 6.45) is 1.16. The van der Waals surface area contributed by atoms with E-state index in [0.717, 1.165) is 0 Å². The van der Waals surface area contributed by atoms with Crippen LogP contribution in [0.25, 0.3) is 0 Å². The van der Waals surface area contributed by atoms with Crippen LogP contribution in [0.15, 0.2) is 47.5 Å². The number of amides is 2. The maximum atomic E-state index is 13.2. The van der Waals surface area contributed by atoms with Crippen LogP contribution in [0.3, 0.4) is 0 Å². The lowest BCUT2D eigenvalue weighted by molar-refractivity contribution is -0.119. The third kappa shape index (κ3) is 4.70. The summed E-state index contributed by atoms with van der Waals surface area (Å²) in [7, 11) is 1.53. The number of piperidine rings is 1. The fraction of sp³-hybridized carbons (Fsp3) is 0.318. The molecule has 0 unspecified atom stereocenters. The van der Waals surface area contributed by atoms with Crippen molar-refractivity contribution >= 4 is 34.8 Å². The van der Waals surface area contributed by atoms with Crippen LogP contribution >= 0.6 is 11.6 Å². The zero-order chi connectivity index (χ0) is 22.0. The van der Waals surface area contributed by atoms with Gasteiger partial charge in [0.2, 0.25) is 5.91 Å². The molecule has 0 bridgehead atoms. The van der Waals surface area contributed by atoms with Crippen LogP contribution in [0, 0.1) is 5.82 Å². The van der Waals surface area contributed by atoms with Crippen LogP contribution in [0.5, 0.6) is 5.75 Å². The van der Waals surface area contributed by atoms with E-state index >= 15 is 0 Å². The Morgan fingerprint density at radius 1 is 1.26 bits per heavy atom. The fourth-order valence-corrected chi connectivity index (χ4v) is 4.03. The molecule has 9 heteroatoms. The predicted octanol–water partition coefficient (Wildman–Crippen LogP) is 2.84. The van der Waals surface area contributed by atoms with Crippen LogP contribution in [-0.4, -0.2) is 54.8 Å². The van der Waals surface area contributed by atoms with E-state index in [0.29, 0.717) is 53.7 Å². The maximum absolute atomic E-state index is 13.2. The normalized spacial score (nSPS) is 17.9. The molecule has 2 aliphatic heterocycles. The highest BCUT2D eigenvalue weighted by molar-refractivity contribution is 6.46. The van der Waals surface area contributed by atoms with Gasteiger partial charge >= 0.3 is 0 Å². The first-order chi connectivity index (χ1) is 14.9. The smallest absolute Gasteiger partial charge is 0.272 e.